The van der Waals surface area contributed by atoms with E-state index in [9.17, 15) is 13.2 Å². The molecule has 2 fully saturated rings. The molecule has 0 radical (unpaired) electrons. The SMILES string of the molecule is COCCNS(=O)(=O)c1ccc(C)c(C(=O)NC2CC3CCC(C2)N3)c1. The molecular formula is C18H27N3O4S. The lowest BCUT2D eigenvalue weighted by Gasteiger charge is -2.29. The van der Waals surface area contributed by atoms with Crippen molar-refractivity contribution in [1.82, 2.24) is 15.4 Å². The number of rotatable bonds is 7. The molecule has 2 aliphatic rings. The third-order valence-corrected chi connectivity index (χ3v) is 6.63. The van der Waals surface area contributed by atoms with Gasteiger partial charge in [0.1, 0.15) is 0 Å². The van der Waals surface area contributed by atoms with Gasteiger partial charge >= 0.3 is 0 Å². The summed E-state index contributed by atoms with van der Waals surface area (Å²) in [4.78, 5) is 12.8. The molecule has 2 atom stereocenters. The van der Waals surface area contributed by atoms with Crippen molar-refractivity contribution in [3.05, 3.63) is 29.3 Å². The molecule has 2 unspecified atom stereocenters. The predicted molar refractivity (Wildman–Crippen MR) is 98.7 cm³/mol. The molecule has 8 heteroatoms. The van der Waals surface area contributed by atoms with Crippen LogP contribution >= 0.6 is 0 Å². The zero-order chi connectivity index (χ0) is 18.7. The van der Waals surface area contributed by atoms with Gasteiger partial charge in [0.2, 0.25) is 10.0 Å². The number of aryl methyl sites for hydroxylation is 1. The zero-order valence-corrected chi connectivity index (χ0v) is 16.1. The second-order valence-corrected chi connectivity index (χ2v) is 8.91. The lowest BCUT2D eigenvalue weighted by Crippen LogP contribution is -2.48. The molecule has 0 aliphatic carbocycles. The Hall–Kier alpha value is -1.48. The molecule has 1 amide bonds. The highest BCUT2D eigenvalue weighted by Gasteiger charge is 2.34. The summed E-state index contributed by atoms with van der Waals surface area (Å²) in [6.07, 6.45) is 4.18. The lowest BCUT2D eigenvalue weighted by atomic mass is 9.99. The normalized spacial score (nSPS) is 25.2. The smallest absolute Gasteiger partial charge is 0.251 e. The Kier molecular flexibility index (Phi) is 5.96. The molecule has 2 saturated heterocycles. The van der Waals surface area contributed by atoms with Crippen molar-refractivity contribution >= 4 is 15.9 Å². The molecule has 1 aromatic carbocycles. The zero-order valence-electron chi connectivity index (χ0n) is 15.2. The third kappa shape index (κ3) is 4.43. The molecule has 3 rings (SSSR count). The minimum absolute atomic E-state index is 0.0923. The number of benzene rings is 1. The van der Waals surface area contributed by atoms with E-state index in [1.54, 1.807) is 6.07 Å². The summed E-state index contributed by atoms with van der Waals surface area (Å²) < 4.78 is 32.1. The average Bonchev–Trinajstić information content (AvgIpc) is 2.93. The van der Waals surface area contributed by atoms with Crippen molar-refractivity contribution in [2.45, 2.75) is 55.6 Å². The first-order valence-electron chi connectivity index (χ1n) is 9.05. The first-order valence-corrected chi connectivity index (χ1v) is 10.5. The molecule has 2 bridgehead atoms. The standard InChI is InChI=1S/C18H27N3O4S/c1-12-3-6-16(26(23,24)19-7-8-25-2)11-17(12)18(22)21-15-9-13-4-5-14(10-15)20-13/h3,6,11,13-15,19-20H,4-5,7-10H2,1-2H3,(H,21,22). The predicted octanol–water partition coefficient (Wildman–Crippen LogP) is 0.933. The molecule has 2 heterocycles. The minimum atomic E-state index is -3.67. The summed E-state index contributed by atoms with van der Waals surface area (Å²) >= 11 is 0. The molecule has 3 N–H and O–H groups in total. The van der Waals surface area contributed by atoms with Crippen LogP contribution in [0.2, 0.25) is 0 Å². The van der Waals surface area contributed by atoms with Crippen LogP contribution in [-0.2, 0) is 14.8 Å². The maximum Gasteiger partial charge on any atom is 0.251 e. The van der Waals surface area contributed by atoms with E-state index >= 15 is 0 Å². The molecular weight excluding hydrogens is 354 g/mol. The number of carbonyl (C=O) groups excluding carboxylic acids is 1. The van der Waals surface area contributed by atoms with E-state index in [2.05, 4.69) is 15.4 Å². The fraction of sp³-hybridized carbons (Fsp3) is 0.611. The van der Waals surface area contributed by atoms with Crippen LogP contribution in [0.4, 0.5) is 0 Å². The molecule has 144 valence electrons. The quantitative estimate of drug-likeness (QED) is 0.611. The number of ether oxygens (including phenoxy) is 1. The summed E-state index contributed by atoms with van der Waals surface area (Å²) in [6.45, 7) is 2.29. The summed E-state index contributed by atoms with van der Waals surface area (Å²) in [5.74, 6) is -0.206. The number of methoxy groups -OCH3 is 1. The van der Waals surface area contributed by atoms with Gasteiger partial charge in [0, 0.05) is 37.3 Å². The van der Waals surface area contributed by atoms with Gasteiger partial charge in [0.25, 0.3) is 5.91 Å². The van der Waals surface area contributed by atoms with E-state index < -0.39 is 10.0 Å². The Morgan fingerprint density at radius 3 is 2.62 bits per heavy atom. The third-order valence-electron chi connectivity index (χ3n) is 5.17. The van der Waals surface area contributed by atoms with Gasteiger partial charge in [-0.25, -0.2) is 13.1 Å². The van der Waals surface area contributed by atoms with E-state index in [0.29, 0.717) is 17.6 Å². The van der Waals surface area contributed by atoms with Crippen LogP contribution in [0.15, 0.2) is 23.1 Å². The summed E-state index contributed by atoms with van der Waals surface area (Å²) in [5, 5.41) is 6.64. The number of hydrogen-bond donors (Lipinski definition) is 3. The molecule has 0 aromatic heterocycles. The number of nitrogens with one attached hydrogen (secondary N) is 3. The number of piperidine rings is 1. The first kappa shape index (κ1) is 19.3. The maximum absolute atomic E-state index is 12.7. The number of carbonyl (C=O) groups is 1. The summed E-state index contributed by atoms with van der Waals surface area (Å²) in [5.41, 5.74) is 1.17. The number of sulfonamides is 1. The van der Waals surface area contributed by atoms with Crippen LogP contribution in [0.25, 0.3) is 0 Å². The van der Waals surface area contributed by atoms with E-state index in [1.807, 2.05) is 6.92 Å². The minimum Gasteiger partial charge on any atom is -0.383 e. The van der Waals surface area contributed by atoms with E-state index in [4.69, 9.17) is 4.74 Å². The van der Waals surface area contributed by atoms with Gasteiger partial charge in [0.05, 0.1) is 11.5 Å². The summed E-state index contributed by atoms with van der Waals surface area (Å²) in [7, 11) is -2.16. The van der Waals surface area contributed by atoms with Crippen LogP contribution in [0.1, 0.15) is 41.6 Å². The van der Waals surface area contributed by atoms with Crippen LogP contribution < -0.4 is 15.4 Å². The van der Waals surface area contributed by atoms with Crippen LogP contribution in [0.5, 0.6) is 0 Å². The highest BCUT2D eigenvalue weighted by molar-refractivity contribution is 7.89. The van der Waals surface area contributed by atoms with Gasteiger partial charge in [0.15, 0.2) is 0 Å². The average molecular weight is 381 g/mol. The van der Waals surface area contributed by atoms with Gasteiger partial charge in [-0.1, -0.05) is 6.07 Å². The Labute approximate surface area is 154 Å². The van der Waals surface area contributed by atoms with E-state index in [0.717, 1.165) is 31.2 Å². The topological polar surface area (TPSA) is 96.5 Å². The molecule has 0 saturated carbocycles. The van der Waals surface area contributed by atoms with Gasteiger partial charge in [-0.2, -0.15) is 0 Å². The monoisotopic (exact) mass is 381 g/mol. The van der Waals surface area contributed by atoms with Crippen LogP contribution in [0, 0.1) is 6.92 Å². The number of amides is 1. The van der Waals surface area contributed by atoms with Crippen LogP contribution in [-0.4, -0.2) is 52.7 Å². The van der Waals surface area contributed by atoms with Crippen molar-refractivity contribution in [1.29, 1.82) is 0 Å². The highest BCUT2D eigenvalue weighted by Crippen LogP contribution is 2.27. The first-order chi connectivity index (χ1) is 12.4. The van der Waals surface area contributed by atoms with Crippen molar-refractivity contribution in [2.24, 2.45) is 0 Å². The molecule has 1 aromatic rings. The van der Waals surface area contributed by atoms with Crippen molar-refractivity contribution in [2.75, 3.05) is 20.3 Å². The van der Waals surface area contributed by atoms with Gasteiger partial charge in [-0.15, -0.1) is 0 Å². The lowest BCUT2D eigenvalue weighted by molar-refractivity contribution is 0.0923. The van der Waals surface area contributed by atoms with Crippen molar-refractivity contribution < 1.29 is 17.9 Å². The largest absolute Gasteiger partial charge is 0.383 e. The molecule has 2 aliphatic heterocycles. The number of hydrogen-bond acceptors (Lipinski definition) is 5. The fourth-order valence-corrected chi connectivity index (χ4v) is 4.85. The van der Waals surface area contributed by atoms with Crippen molar-refractivity contribution in [3.63, 3.8) is 0 Å². The molecule has 26 heavy (non-hydrogen) atoms. The van der Waals surface area contributed by atoms with Gasteiger partial charge in [-0.05, 0) is 50.3 Å². The fourth-order valence-electron chi connectivity index (χ4n) is 3.81. The van der Waals surface area contributed by atoms with Gasteiger partial charge < -0.3 is 15.4 Å². The Morgan fingerprint density at radius 2 is 1.96 bits per heavy atom. The Balaban J connectivity index is 1.71. The molecule has 7 nitrogen and oxygen atoms in total. The summed E-state index contributed by atoms with van der Waals surface area (Å²) in [6, 6.07) is 5.75. The molecule has 0 spiro atoms. The second-order valence-electron chi connectivity index (χ2n) is 7.15. The van der Waals surface area contributed by atoms with Crippen LogP contribution in [0.3, 0.4) is 0 Å². The highest BCUT2D eigenvalue weighted by atomic mass is 32.2. The Morgan fingerprint density at radius 1 is 1.27 bits per heavy atom. The number of fused-ring (bicyclic) bond motifs is 2. The van der Waals surface area contributed by atoms with E-state index in [1.165, 1.54) is 19.2 Å². The Bertz CT molecular complexity index is 754. The maximum atomic E-state index is 12.7. The van der Waals surface area contributed by atoms with Crippen molar-refractivity contribution in [3.8, 4) is 0 Å². The van der Waals surface area contributed by atoms with Gasteiger partial charge in [-0.3, -0.25) is 4.79 Å². The second kappa shape index (κ2) is 8.04. The van der Waals surface area contributed by atoms with E-state index in [-0.39, 0.29) is 30.0 Å².